The molecule has 1 amide bonds. The molecule has 0 aliphatic carbocycles. The Morgan fingerprint density at radius 2 is 2.19 bits per heavy atom. The lowest BCUT2D eigenvalue weighted by molar-refractivity contribution is 0.0942. The first-order valence-corrected chi connectivity index (χ1v) is 7.37. The number of para-hydroxylation sites is 1. The summed E-state index contributed by atoms with van der Waals surface area (Å²) in [5, 5.41) is 4.64. The van der Waals surface area contributed by atoms with E-state index in [2.05, 4.69) is 10.3 Å². The van der Waals surface area contributed by atoms with Gasteiger partial charge in [0, 0.05) is 35.3 Å². The van der Waals surface area contributed by atoms with Crippen LogP contribution in [0, 0.1) is 0 Å². The van der Waals surface area contributed by atoms with Crippen LogP contribution in [0.3, 0.4) is 0 Å². The maximum absolute atomic E-state index is 12.2. The number of nitrogens with two attached hydrogens (primary N) is 1. The number of ether oxygens (including phenoxy) is 1. The van der Waals surface area contributed by atoms with Gasteiger partial charge in [0.25, 0.3) is 5.91 Å². The van der Waals surface area contributed by atoms with Crippen LogP contribution in [-0.4, -0.2) is 31.2 Å². The number of carbonyl (C=O) groups excluding carboxylic acids is 1. The van der Waals surface area contributed by atoms with Gasteiger partial charge < -0.3 is 15.8 Å². The Morgan fingerprint density at radius 1 is 1.38 bits per heavy atom. The molecule has 0 spiro atoms. The van der Waals surface area contributed by atoms with E-state index >= 15 is 0 Å². The van der Waals surface area contributed by atoms with Gasteiger partial charge in [-0.25, -0.2) is 0 Å². The monoisotopic (exact) mass is 301 g/mol. The number of benzene rings is 1. The van der Waals surface area contributed by atoms with E-state index in [9.17, 15) is 4.79 Å². The van der Waals surface area contributed by atoms with Gasteiger partial charge in [-0.15, -0.1) is 11.3 Å². The van der Waals surface area contributed by atoms with Crippen molar-refractivity contribution < 1.29 is 9.53 Å². The fourth-order valence-electron chi connectivity index (χ4n) is 2.21. The minimum absolute atomic E-state index is 0.171. The molecule has 0 aliphatic heterocycles. The number of fused-ring (bicyclic) bond motifs is 3. The zero-order chi connectivity index (χ0) is 14.8. The van der Waals surface area contributed by atoms with Crippen LogP contribution in [0.15, 0.2) is 30.5 Å². The second-order valence-electron chi connectivity index (χ2n) is 4.61. The Bertz CT molecular complexity index is 813. The fraction of sp³-hybridized carbons (Fsp3) is 0.200. The average molecular weight is 301 g/mol. The van der Waals surface area contributed by atoms with E-state index in [1.165, 1.54) is 11.3 Å². The molecule has 0 radical (unpaired) electrons. The smallest absolute Gasteiger partial charge is 0.263 e. The van der Waals surface area contributed by atoms with E-state index in [1.54, 1.807) is 13.3 Å². The minimum Gasteiger partial charge on any atom is -0.397 e. The number of nitrogen functional groups attached to an aromatic ring is 1. The largest absolute Gasteiger partial charge is 0.397 e. The van der Waals surface area contributed by atoms with Gasteiger partial charge in [-0.2, -0.15) is 0 Å². The third kappa shape index (κ3) is 2.43. The molecule has 1 aromatic carbocycles. The van der Waals surface area contributed by atoms with Crippen molar-refractivity contribution in [3.05, 3.63) is 35.3 Å². The highest BCUT2D eigenvalue weighted by Gasteiger charge is 2.17. The van der Waals surface area contributed by atoms with Gasteiger partial charge in [-0.1, -0.05) is 18.2 Å². The number of hydrogen-bond donors (Lipinski definition) is 2. The first-order chi connectivity index (χ1) is 10.2. The fourth-order valence-corrected chi connectivity index (χ4v) is 3.36. The first-order valence-electron chi connectivity index (χ1n) is 6.55. The summed E-state index contributed by atoms with van der Waals surface area (Å²) in [6, 6.07) is 7.84. The Balaban J connectivity index is 2.06. The van der Waals surface area contributed by atoms with Crippen LogP contribution in [-0.2, 0) is 4.74 Å². The van der Waals surface area contributed by atoms with Gasteiger partial charge in [-0.3, -0.25) is 9.78 Å². The van der Waals surface area contributed by atoms with E-state index in [1.807, 2.05) is 24.3 Å². The quantitative estimate of drug-likeness (QED) is 0.725. The lowest BCUT2D eigenvalue weighted by atomic mass is 10.1. The molecule has 2 aromatic heterocycles. The predicted octanol–water partition coefficient (Wildman–Crippen LogP) is 2.41. The summed E-state index contributed by atoms with van der Waals surface area (Å²) in [5.74, 6) is -0.171. The summed E-state index contributed by atoms with van der Waals surface area (Å²) in [6.07, 6.45) is 1.73. The first kappa shape index (κ1) is 13.8. The van der Waals surface area contributed by atoms with Crippen molar-refractivity contribution in [3.8, 4) is 0 Å². The topological polar surface area (TPSA) is 77.2 Å². The van der Waals surface area contributed by atoms with Gasteiger partial charge >= 0.3 is 0 Å². The molecule has 3 rings (SSSR count). The molecule has 3 aromatic rings. The Labute approximate surface area is 125 Å². The number of nitrogens with one attached hydrogen (secondary N) is 1. The third-order valence-electron chi connectivity index (χ3n) is 3.26. The lowest BCUT2D eigenvalue weighted by Crippen LogP contribution is -2.26. The van der Waals surface area contributed by atoms with E-state index in [0.717, 1.165) is 21.0 Å². The number of rotatable bonds is 4. The van der Waals surface area contributed by atoms with E-state index in [0.29, 0.717) is 23.7 Å². The van der Waals surface area contributed by atoms with Crippen LogP contribution < -0.4 is 11.1 Å². The number of carbonyl (C=O) groups is 1. The van der Waals surface area contributed by atoms with Gasteiger partial charge in [0.05, 0.1) is 17.8 Å². The number of anilines is 1. The highest BCUT2D eigenvalue weighted by molar-refractivity contribution is 7.22. The summed E-state index contributed by atoms with van der Waals surface area (Å²) >= 11 is 1.40. The van der Waals surface area contributed by atoms with E-state index < -0.39 is 0 Å². The van der Waals surface area contributed by atoms with Crippen molar-refractivity contribution in [2.45, 2.75) is 0 Å². The molecule has 0 bridgehead atoms. The van der Waals surface area contributed by atoms with Gasteiger partial charge in [0.2, 0.25) is 0 Å². The van der Waals surface area contributed by atoms with Crippen molar-refractivity contribution >= 4 is 43.9 Å². The molecule has 0 aliphatic rings. The molecule has 6 heteroatoms. The molecule has 0 atom stereocenters. The molecule has 0 saturated carbocycles. The van der Waals surface area contributed by atoms with Crippen LogP contribution in [0.5, 0.6) is 0 Å². The van der Waals surface area contributed by atoms with Crippen molar-refractivity contribution in [1.29, 1.82) is 0 Å². The highest BCUT2D eigenvalue weighted by atomic mass is 32.1. The van der Waals surface area contributed by atoms with Crippen molar-refractivity contribution in [2.24, 2.45) is 0 Å². The van der Waals surface area contributed by atoms with Crippen LogP contribution in [0.4, 0.5) is 5.69 Å². The van der Waals surface area contributed by atoms with E-state index in [4.69, 9.17) is 10.5 Å². The van der Waals surface area contributed by atoms with Gasteiger partial charge in [-0.05, 0) is 6.07 Å². The van der Waals surface area contributed by atoms with Crippen molar-refractivity contribution in [2.75, 3.05) is 26.0 Å². The highest BCUT2D eigenvalue weighted by Crippen LogP contribution is 2.37. The van der Waals surface area contributed by atoms with Gasteiger partial charge in [0.1, 0.15) is 4.88 Å². The molecular weight excluding hydrogens is 286 g/mol. The standard InChI is InChI=1S/C15H15N3O2S/c1-20-7-6-17-15(19)14-12(16)10-8-18-11-5-3-2-4-9(11)13(10)21-14/h2-5,8H,6-7,16H2,1H3,(H,17,19). The van der Waals surface area contributed by atoms with E-state index in [-0.39, 0.29) is 5.91 Å². The molecule has 108 valence electrons. The third-order valence-corrected chi connectivity index (χ3v) is 4.52. The zero-order valence-electron chi connectivity index (χ0n) is 11.6. The molecule has 21 heavy (non-hydrogen) atoms. The van der Waals surface area contributed by atoms with Crippen LogP contribution in [0.2, 0.25) is 0 Å². The number of methoxy groups -OCH3 is 1. The second kappa shape index (κ2) is 5.67. The zero-order valence-corrected chi connectivity index (χ0v) is 12.4. The number of thiophene rings is 1. The molecular formula is C15H15N3O2S. The van der Waals surface area contributed by atoms with Crippen LogP contribution in [0.25, 0.3) is 21.0 Å². The molecule has 5 nitrogen and oxygen atoms in total. The summed E-state index contributed by atoms with van der Waals surface area (Å²) in [5.41, 5.74) is 7.50. The van der Waals surface area contributed by atoms with Crippen LogP contribution >= 0.6 is 11.3 Å². The summed E-state index contributed by atoms with van der Waals surface area (Å²) in [4.78, 5) is 17.1. The number of nitrogens with zero attached hydrogens (tertiary/aromatic N) is 1. The molecule has 0 saturated heterocycles. The number of hydrogen-bond acceptors (Lipinski definition) is 5. The Kier molecular flexibility index (Phi) is 3.72. The maximum atomic E-state index is 12.2. The van der Waals surface area contributed by atoms with Crippen LogP contribution in [0.1, 0.15) is 9.67 Å². The maximum Gasteiger partial charge on any atom is 0.263 e. The number of pyridine rings is 1. The Hall–Kier alpha value is -2.18. The van der Waals surface area contributed by atoms with Gasteiger partial charge in [0.15, 0.2) is 0 Å². The number of aromatic nitrogens is 1. The average Bonchev–Trinajstić information content (AvgIpc) is 2.85. The normalized spacial score (nSPS) is 11.1. The number of amides is 1. The second-order valence-corrected chi connectivity index (χ2v) is 5.63. The van der Waals surface area contributed by atoms with Crippen molar-refractivity contribution in [3.63, 3.8) is 0 Å². The SMILES string of the molecule is COCCNC(=O)c1sc2c(cnc3ccccc32)c1N. The molecule has 0 unspecified atom stereocenters. The molecule has 0 fully saturated rings. The minimum atomic E-state index is -0.171. The summed E-state index contributed by atoms with van der Waals surface area (Å²) < 4.78 is 5.92. The Morgan fingerprint density at radius 3 is 3.00 bits per heavy atom. The van der Waals surface area contributed by atoms with Crippen molar-refractivity contribution in [1.82, 2.24) is 10.3 Å². The predicted molar refractivity (Wildman–Crippen MR) is 85.7 cm³/mol. The molecule has 2 heterocycles. The molecule has 3 N–H and O–H groups in total. The summed E-state index contributed by atoms with van der Waals surface area (Å²) in [7, 11) is 1.60. The lowest BCUT2D eigenvalue weighted by Gasteiger charge is -2.02. The summed E-state index contributed by atoms with van der Waals surface area (Å²) in [6.45, 7) is 0.934.